The van der Waals surface area contributed by atoms with Gasteiger partial charge < -0.3 is 20.7 Å². The molecule has 7 heteroatoms. The molecule has 0 atom stereocenters. The largest absolute Gasteiger partial charge is 0.497 e. The number of aryl methyl sites for hydroxylation is 2. The average Bonchev–Trinajstić information content (AvgIpc) is 3.94. The van der Waals surface area contributed by atoms with Crippen LogP contribution in [0.5, 0.6) is 5.75 Å². The number of amides is 3. The van der Waals surface area contributed by atoms with Gasteiger partial charge >= 0.3 is 0 Å². The van der Waals surface area contributed by atoms with Gasteiger partial charge in [-0.3, -0.25) is 14.4 Å². The molecule has 3 N–H and O–H groups in total. The Hall–Kier alpha value is -6.47. The third kappa shape index (κ3) is 19.6. The molecule has 9 rings (SSSR count). The van der Waals surface area contributed by atoms with E-state index in [2.05, 4.69) is 212 Å². The molecule has 3 amide bonds. The number of nitrogens with one attached hydrogen (secondary N) is 3. The van der Waals surface area contributed by atoms with Crippen LogP contribution in [0.4, 0.5) is 5.69 Å². The molecule has 0 bridgehead atoms. The van der Waals surface area contributed by atoms with Gasteiger partial charge in [-0.05, 0) is 147 Å². The Morgan fingerprint density at radius 2 is 0.933 bits per heavy atom. The number of rotatable bonds is 8. The summed E-state index contributed by atoms with van der Waals surface area (Å²) in [5.41, 5.74) is 17.3. The Morgan fingerprint density at radius 1 is 0.480 bits per heavy atom. The zero-order valence-electron chi connectivity index (χ0n) is 48.8. The Kier molecular flexibility index (Phi) is 23.6. The monoisotopic (exact) mass is 1010 g/mol. The van der Waals surface area contributed by atoms with Gasteiger partial charge in [0.25, 0.3) is 11.8 Å². The molecule has 6 aromatic carbocycles. The number of hydrogen-bond donors (Lipinski definition) is 3. The van der Waals surface area contributed by atoms with Crippen LogP contribution in [0.1, 0.15) is 222 Å². The molecular weight excluding hydrogens is 923 g/mol. The van der Waals surface area contributed by atoms with Crippen LogP contribution in [0, 0.1) is 12.8 Å². The fourth-order valence-corrected chi connectivity index (χ4v) is 8.52. The van der Waals surface area contributed by atoms with Gasteiger partial charge in [0.05, 0.1) is 7.11 Å². The zero-order chi connectivity index (χ0) is 55.6. The molecule has 6 aromatic rings. The summed E-state index contributed by atoms with van der Waals surface area (Å²) in [5, 5.41) is 8.51. The molecule has 0 aliphatic carbocycles. The van der Waals surface area contributed by atoms with E-state index in [1.807, 2.05) is 42.5 Å². The van der Waals surface area contributed by atoms with Crippen molar-refractivity contribution in [1.29, 1.82) is 0 Å². The molecule has 75 heavy (non-hydrogen) atoms. The van der Waals surface area contributed by atoms with Gasteiger partial charge in [0.1, 0.15) is 5.75 Å². The number of benzene rings is 6. The lowest BCUT2D eigenvalue weighted by Gasteiger charge is -2.19. The summed E-state index contributed by atoms with van der Waals surface area (Å²) < 4.78 is 5.07. The lowest BCUT2D eigenvalue weighted by atomic mass is 9.86. The van der Waals surface area contributed by atoms with Crippen molar-refractivity contribution < 1.29 is 19.1 Å². The van der Waals surface area contributed by atoms with Crippen LogP contribution in [0.25, 0.3) is 0 Å². The third-order valence-corrected chi connectivity index (χ3v) is 13.6. The Balaban J connectivity index is 0.000000195. The maximum atomic E-state index is 11.3. The molecule has 0 saturated heterocycles. The van der Waals surface area contributed by atoms with Gasteiger partial charge in [-0.1, -0.05) is 206 Å². The second-order valence-corrected chi connectivity index (χ2v) is 23.2. The Labute approximate surface area is 453 Å². The first-order valence-corrected chi connectivity index (χ1v) is 27.4. The van der Waals surface area contributed by atoms with Crippen LogP contribution in [0.3, 0.4) is 0 Å². The first-order chi connectivity index (χ1) is 35.4. The van der Waals surface area contributed by atoms with Gasteiger partial charge in [0.15, 0.2) is 0 Å². The summed E-state index contributed by atoms with van der Waals surface area (Å²) >= 11 is 0. The summed E-state index contributed by atoms with van der Waals surface area (Å²) in [4.78, 5) is 33.7. The summed E-state index contributed by atoms with van der Waals surface area (Å²) in [6.07, 6.45) is 2.64. The fraction of sp³-hybridized carbons (Fsp3) is 0.426. The molecule has 0 radical (unpaired) electrons. The van der Waals surface area contributed by atoms with E-state index in [0.717, 1.165) is 52.5 Å². The fourth-order valence-electron chi connectivity index (χ4n) is 8.52. The minimum Gasteiger partial charge on any atom is -0.497 e. The van der Waals surface area contributed by atoms with Crippen molar-refractivity contribution in [3.05, 3.63) is 200 Å². The number of ether oxygens (including phenoxy) is 1. The highest BCUT2D eigenvalue weighted by Crippen LogP contribution is 2.28. The summed E-state index contributed by atoms with van der Waals surface area (Å²) in [6.45, 7) is 36.5. The molecule has 0 fully saturated rings. The Bertz CT molecular complexity index is 2740. The van der Waals surface area contributed by atoms with Crippen molar-refractivity contribution in [1.82, 2.24) is 10.6 Å². The molecular formula is C68H91N3O4. The first-order valence-electron chi connectivity index (χ1n) is 27.4. The van der Waals surface area contributed by atoms with Crippen molar-refractivity contribution >= 4 is 23.4 Å². The van der Waals surface area contributed by atoms with Gasteiger partial charge in [-0.2, -0.15) is 0 Å². The predicted octanol–water partition coefficient (Wildman–Crippen LogP) is 16.9. The highest BCUT2D eigenvalue weighted by Gasteiger charge is 2.20. The van der Waals surface area contributed by atoms with Crippen LogP contribution in [0.2, 0.25) is 0 Å². The van der Waals surface area contributed by atoms with Gasteiger partial charge in [0.2, 0.25) is 5.91 Å². The van der Waals surface area contributed by atoms with E-state index >= 15 is 0 Å². The van der Waals surface area contributed by atoms with Crippen molar-refractivity contribution in [3.63, 3.8) is 0 Å². The summed E-state index contributed by atoms with van der Waals surface area (Å²) in [5.74, 6) is 4.77. The average molecular weight is 1010 g/mol. The van der Waals surface area contributed by atoms with Gasteiger partial charge in [-0.15, -0.1) is 0 Å². The molecule has 0 unspecified atom stereocenters. The molecule has 7 nitrogen and oxygen atoms in total. The lowest BCUT2D eigenvalue weighted by molar-refractivity contribution is -0.116. The maximum Gasteiger partial charge on any atom is 0.251 e. The van der Waals surface area contributed by atoms with Crippen molar-refractivity contribution in [2.24, 2.45) is 5.92 Å². The van der Waals surface area contributed by atoms with Gasteiger partial charge in [-0.25, -0.2) is 0 Å². The molecule has 3 aliphatic heterocycles. The summed E-state index contributed by atoms with van der Waals surface area (Å²) in [7, 11) is 1.69. The van der Waals surface area contributed by atoms with E-state index in [1.165, 1.54) is 50.1 Å². The van der Waals surface area contributed by atoms with E-state index in [0.29, 0.717) is 49.1 Å². The lowest BCUT2D eigenvalue weighted by Crippen LogP contribution is -2.19. The van der Waals surface area contributed by atoms with Crippen molar-refractivity contribution in [2.45, 2.75) is 178 Å². The number of carbonyl (C=O) groups excluding carboxylic acids is 3. The van der Waals surface area contributed by atoms with E-state index < -0.39 is 0 Å². The van der Waals surface area contributed by atoms with Crippen molar-refractivity contribution in [2.75, 3.05) is 12.4 Å². The number of methoxy groups -OCH3 is 1. The molecule has 3 aliphatic rings. The summed E-state index contributed by atoms with van der Waals surface area (Å²) in [6, 6.07) is 44.5. The van der Waals surface area contributed by atoms with Crippen molar-refractivity contribution in [3.8, 4) is 5.75 Å². The smallest absolute Gasteiger partial charge is 0.251 e. The second kappa shape index (κ2) is 29.0. The predicted molar refractivity (Wildman–Crippen MR) is 317 cm³/mol. The maximum absolute atomic E-state index is 11.3. The topological polar surface area (TPSA) is 96.5 Å². The molecule has 0 spiro atoms. The standard InChI is InChI=1S/C13H20.C12H15NO.2C11H13NO.C11H16O.C10H14/c1-10(2)11-6-8-12(9-7-11)13(3,4)5;1-8(2)9-3-5-11-10(7-9)4-6-12(14)13-11;1-7(2)8-3-4-10-9(5-8)6-12-11(10)13;1-7(2)8-3-4-9-6-12-11(13)10(9)5-8;1-9(2)8-10-4-6-11(12-3)7-5-10;1-8(2)10-6-4-9(3)5-7-10/h6-10H,1-5H3;3,5,7-8H,4,6H2,1-2H3,(H,13,14);2*3-5,7H,6H2,1-2H3,(H,12,13);4-7,9H,8H2,1-3H3;4-8H,1-3H3. The highest BCUT2D eigenvalue weighted by atomic mass is 16.5. The van der Waals surface area contributed by atoms with E-state index in [-0.39, 0.29) is 23.1 Å². The van der Waals surface area contributed by atoms with Crippen LogP contribution in [-0.4, -0.2) is 24.8 Å². The molecule has 0 saturated carbocycles. The minimum absolute atomic E-state index is 0.0605. The third-order valence-electron chi connectivity index (χ3n) is 13.6. The molecule has 0 aromatic heterocycles. The Morgan fingerprint density at radius 3 is 1.44 bits per heavy atom. The quantitative estimate of drug-likeness (QED) is 0.142. The minimum atomic E-state index is 0.0605. The molecule has 3 heterocycles. The second-order valence-electron chi connectivity index (χ2n) is 23.2. The number of carbonyl (C=O) groups is 3. The van der Waals surface area contributed by atoms with Gasteiger partial charge in [0, 0.05) is 36.3 Å². The van der Waals surface area contributed by atoms with Crippen LogP contribution < -0.4 is 20.7 Å². The van der Waals surface area contributed by atoms with Crippen LogP contribution in [-0.2, 0) is 36.1 Å². The van der Waals surface area contributed by atoms with E-state index in [9.17, 15) is 14.4 Å². The SMILES string of the molecule is CC(C)c1ccc(C(C)(C)C)cc1.CC(C)c1ccc2c(c1)C(=O)NC2.CC(C)c1ccc2c(c1)CCC(=O)N2.CC(C)c1ccc2c(c1)CNC2=O.COc1ccc(CC(C)C)cc1.Cc1ccc(C(C)C)cc1. The zero-order valence-corrected chi connectivity index (χ0v) is 48.8. The number of hydrogen-bond acceptors (Lipinski definition) is 4. The highest BCUT2D eigenvalue weighted by molar-refractivity contribution is 5.99. The molecule has 402 valence electrons. The normalized spacial score (nSPS) is 13.0. The van der Waals surface area contributed by atoms with E-state index in [4.69, 9.17) is 4.74 Å². The van der Waals surface area contributed by atoms with E-state index in [1.54, 1.807) is 7.11 Å². The van der Waals surface area contributed by atoms with Crippen LogP contribution >= 0.6 is 0 Å². The first kappa shape index (κ1) is 61.1. The number of fused-ring (bicyclic) bond motifs is 3. The van der Waals surface area contributed by atoms with Crippen LogP contribution in [0.15, 0.2) is 127 Å². The number of anilines is 1.